The number of aromatic carboxylic acids is 1. The van der Waals surface area contributed by atoms with E-state index in [1.807, 2.05) is 59.2 Å². The van der Waals surface area contributed by atoms with Gasteiger partial charge >= 0.3 is 5.97 Å². The number of fused-ring (bicyclic) bond motifs is 1. The fourth-order valence-electron chi connectivity index (χ4n) is 3.64. The van der Waals surface area contributed by atoms with Crippen LogP contribution in [0.25, 0.3) is 11.2 Å². The minimum Gasteiger partial charge on any atom is -0.477 e. The van der Waals surface area contributed by atoms with E-state index in [9.17, 15) is 9.90 Å². The fourth-order valence-corrected chi connectivity index (χ4v) is 4.29. The number of carbonyl (C=O) groups is 1. The van der Waals surface area contributed by atoms with Crippen molar-refractivity contribution in [3.05, 3.63) is 84.3 Å². The molecule has 0 saturated heterocycles. The van der Waals surface area contributed by atoms with Crippen LogP contribution in [-0.2, 0) is 6.54 Å². The third kappa shape index (κ3) is 6.60. The number of imidazole rings is 1. The number of anilines is 1. The van der Waals surface area contributed by atoms with Gasteiger partial charge < -0.3 is 24.8 Å². The largest absolute Gasteiger partial charge is 0.477 e. The Morgan fingerprint density at radius 2 is 1.91 bits per heavy atom. The van der Waals surface area contributed by atoms with Gasteiger partial charge in [0.1, 0.15) is 0 Å². The Bertz CT molecular complexity index is 1290. The number of carboxylic acids is 1. The summed E-state index contributed by atoms with van der Waals surface area (Å²) >= 11 is 1.53. The van der Waals surface area contributed by atoms with Crippen LogP contribution < -0.4 is 10.0 Å². The fraction of sp³-hybridized carbons (Fsp3) is 0.269. The lowest BCUT2D eigenvalue weighted by Gasteiger charge is -2.28. The molecule has 1 unspecified atom stereocenters. The first kappa shape index (κ1) is 24.7. The van der Waals surface area contributed by atoms with Gasteiger partial charge in [-0.15, -0.1) is 0 Å². The highest BCUT2D eigenvalue weighted by atomic mass is 32.2. The standard InChI is InChI=1S/C26H29N5O3S/c1-26(2,13-14-31-17-27-24-22(31)12-11-21(29-24)25(33)34)28-16-23(32)18-7-6-8-19(15-18)30-35-20-9-4-3-5-10-20/h3-12,15,17,23,28,30,32H,13-14,16H2,1-2H3,(H,33,34). The lowest BCUT2D eigenvalue weighted by molar-refractivity contribution is 0.0691. The number of aliphatic hydroxyl groups is 1. The summed E-state index contributed by atoms with van der Waals surface area (Å²) in [6, 6.07) is 21.1. The van der Waals surface area contributed by atoms with Crippen LogP contribution in [0, 0.1) is 0 Å². The highest BCUT2D eigenvalue weighted by Gasteiger charge is 2.20. The van der Waals surface area contributed by atoms with Crippen molar-refractivity contribution >= 4 is 34.8 Å². The third-order valence-electron chi connectivity index (χ3n) is 5.76. The molecule has 2 aromatic carbocycles. The average Bonchev–Trinajstić information content (AvgIpc) is 3.28. The summed E-state index contributed by atoms with van der Waals surface area (Å²) in [6.07, 6.45) is 1.81. The predicted molar refractivity (Wildman–Crippen MR) is 139 cm³/mol. The number of nitrogens with zero attached hydrogens (tertiary/aromatic N) is 3. The van der Waals surface area contributed by atoms with Gasteiger partial charge in [-0.25, -0.2) is 14.8 Å². The van der Waals surface area contributed by atoms with E-state index in [1.54, 1.807) is 12.4 Å². The minimum atomic E-state index is -1.07. The second-order valence-electron chi connectivity index (χ2n) is 8.96. The van der Waals surface area contributed by atoms with Crippen molar-refractivity contribution in [1.29, 1.82) is 0 Å². The molecular weight excluding hydrogens is 462 g/mol. The summed E-state index contributed by atoms with van der Waals surface area (Å²) in [6.45, 7) is 5.27. The van der Waals surface area contributed by atoms with Crippen LogP contribution in [0.2, 0.25) is 0 Å². The van der Waals surface area contributed by atoms with Gasteiger partial charge in [-0.2, -0.15) is 0 Å². The SMILES string of the molecule is CC(C)(CCn1cnc2nc(C(=O)O)ccc21)NCC(O)c1cccc(NSc2ccccc2)c1. The minimum absolute atomic E-state index is 0.0170. The average molecular weight is 492 g/mol. The number of aryl methyl sites for hydroxylation is 1. The van der Waals surface area contributed by atoms with Crippen LogP contribution in [0.4, 0.5) is 5.69 Å². The Hall–Kier alpha value is -3.40. The molecule has 4 rings (SSSR count). The van der Waals surface area contributed by atoms with Crippen molar-refractivity contribution in [1.82, 2.24) is 19.9 Å². The molecule has 0 aliphatic rings. The molecule has 4 aromatic rings. The molecule has 0 radical (unpaired) electrons. The molecule has 0 bridgehead atoms. The number of aliphatic hydroxyl groups excluding tert-OH is 1. The van der Waals surface area contributed by atoms with Crippen molar-refractivity contribution in [3.8, 4) is 0 Å². The number of hydrogen-bond donors (Lipinski definition) is 4. The Kier molecular flexibility index (Phi) is 7.70. The molecule has 182 valence electrons. The topological polar surface area (TPSA) is 112 Å². The molecule has 0 fully saturated rings. The second-order valence-corrected chi connectivity index (χ2v) is 9.84. The van der Waals surface area contributed by atoms with Gasteiger partial charge in [0.05, 0.1) is 17.9 Å². The summed E-state index contributed by atoms with van der Waals surface area (Å²) in [5, 5.41) is 23.4. The van der Waals surface area contributed by atoms with Gasteiger partial charge in [-0.05, 0) is 74.2 Å². The van der Waals surface area contributed by atoms with E-state index < -0.39 is 12.1 Å². The quantitative estimate of drug-likeness (QED) is 0.223. The number of pyridine rings is 1. The van der Waals surface area contributed by atoms with Gasteiger partial charge in [0.25, 0.3) is 0 Å². The summed E-state index contributed by atoms with van der Waals surface area (Å²) in [5.74, 6) is -1.07. The first-order valence-electron chi connectivity index (χ1n) is 11.4. The molecule has 1 atom stereocenters. The molecule has 0 aliphatic heterocycles. The van der Waals surface area contributed by atoms with Gasteiger partial charge in [0.2, 0.25) is 0 Å². The van der Waals surface area contributed by atoms with Crippen LogP contribution >= 0.6 is 11.9 Å². The highest BCUT2D eigenvalue weighted by Crippen LogP contribution is 2.24. The van der Waals surface area contributed by atoms with E-state index >= 15 is 0 Å². The molecule has 9 heteroatoms. The summed E-state index contributed by atoms with van der Waals surface area (Å²) in [7, 11) is 0. The van der Waals surface area contributed by atoms with Gasteiger partial charge in [0.15, 0.2) is 11.3 Å². The number of aromatic nitrogens is 3. The van der Waals surface area contributed by atoms with E-state index in [4.69, 9.17) is 5.11 Å². The summed E-state index contributed by atoms with van der Waals surface area (Å²) < 4.78 is 5.29. The van der Waals surface area contributed by atoms with Gasteiger partial charge in [-0.3, -0.25) is 0 Å². The van der Waals surface area contributed by atoms with Crippen LogP contribution in [0.5, 0.6) is 0 Å². The molecule has 35 heavy (non-hydrogen) atoms. The molecule has 2 aromatic heterocycles. The van der Waals surface area contributed by atoms with Crippen molar-refractivity contribution in [2.24, 2.45) is 0 Å². The van der Waals surface area contributed by atoms with E-state index in [-0.39, 0.29) is 11.2 Å². The normalized spacial score (nSPS) is 12.5. The third-order valence-corrected chi connectivity index (χ3v) is 6.60. The van der Waals surface area contributed by atoms with Crippen molar-refractivity contribution in [2.75, 3.05) is 11.3 Å². The summed E-state index contributed by atoms with van der Waals surface area (Å²) in [4.78, 5) is 20.6. The maximum Gasteiger partial charge on any atom is 0.354 e. The lowest BCUT2D eigenvalue weighted by Crippen LogP contribution is -2.42. The Morgan fingerprint density at radius 3 is 2.69 bits per heavy atom. The predicted octanol–water partition coefficient (Wildman–Crippen LogP) is 4.74. The monoisotopic (exact) mass is 491 g/mol. The molecule has 0 amide bonds. The van der Waals surface area contributed by atoms with Crippen molar-refractivity contribution in [3.63, 3.8) is 0 Å². The maximum atomic E-state index is 11.1. The first-order chi connectivity index (χ1) is 16.8. The first-order valence-corrected chi connectivity index (χ1v) is 12.2. The molecular formula is C26H29N5O3S. The molecule has 0 saturated carbocycles. The van der Waals surface area contributed by atoms with Gasteiger partial charge in [0, 0.05) is 29.2 Å². The lowest BCUT2D eigenvalue weighted by atomic mass is 9.99. The van der Waals surface area contributed by atoms with Crippen LogP contribution in [-0.4, -0.2) is 42.8 Å². The molecule has 0 spiro atoms. The number of benzene rings is 2. The van der Waals surface area contributed by atoms with E-state index in [0.717, 1.165) is 28.1 Å². The van der Waals surface area contributed by atoms with E-state index in [0.29, 0.717) is 18.7 Å². The van der Waals surface area contributed by atoms with Gasteiger partial charge in [-0.1, -0.05) is 30.3 Å². The van der Waals surface area contributed by atoms with Crippen molar-refractivity contribution in [2.45, 2.75) is 43.4 Å². The van der Waals surface area contributed by atoms with Crippen molar-refractivity contribution < 1.29 is 15.0 Å². The zero-order chi connectivity index (χ0) is 24.8. The number of rotatable bonds is 11. The molecule has 8 nitrogen and oxygen atoms in total. The highest BCUT2D eigenvalue weighted by molar-refractivity contribution is 8.00. The maximum absolute atomic E-state index is 11.1. The molecule has 2 heterocycles. The summed E-state index contributed by atoms with van der Waals surface area (Å²) in [5.41, 5.74) is 2.73. The molecule has 0 aliphatic carbocycles. The number of hydrogen-bond acceptors (Lipinski definition) is 7. The Labute approximate surface area is 208 Å². The van der Waals surface area contributed by atoms with Crippen LogP contribution in [0.15, 0.2) is 78.0 Å². The second kappa shape index (κ2) is 10.9. The zero-order valence-electron chi connectivity index (χ0n) is 19.7. The smallest absolute Gasteiger partial charge is 0.354 e. The molecule has 4 N–H and O–H groups in total. The number of carboxylic acid groups (broad SMARTS) is 1. The zero-order valence-corrected chi connectivity index (χ0v) is 20.5. The van der Waals surface area contributed by atoms with Crippen LogP contribution in [0.3, 0.4) is 0 Å². The van der Waals surface area contributed by atoms with E-state index in [1.165, 1.54) is 18.0 Å². The number of β-amino-alcohol motifs (C(OH)–C–C–N with tert-alkyl or cyclic N) is 1. The Balaban J connectivity index is 1.31. The van der Waals surface area contributed by atoms with E-state index in [2.05, 4.69) is 33.9 Å². The van der Waals surface area contributed by atoms with Crippen LogP contribution in [0.1, 0.15) is 42.4 Å². The number of nitrogens with one attached hydrogen (secondary N) is 2. The Morgan fingerprint density at radius 1 is 1.11 bits per heavy atom.